The summed E-state index contributed by atoms with van der Waals surface area (Å²) in [6, 6.07) is 7.61. The molecule has 0 fully saturated rings. The van der Waals surface area contributed by atoms with E-state index in [4.69, 9.17) is 23.4 Å². The van der Waals surface area contributed by atoms with Gasteiger partial charge in [0.2, 0.25) is 5.75 Å². The van der Waals surface area contributed by atoms with E-state index in [9.17, 15) is 18.0 Å². The molecule has 0 N–H and O–H groups in total. The number of fused-ring (bicyclic) bond motifs is 1. The monoisotopic (exact) mass is 410 g/mol. The van der Waals surface area contributed by atoms with E-state index in [2.05, 4.69) is 0 Å². The van der Waals surface area contributed by atoms with E-state index in [1.165, 1.54) is 39.5 Å². The van der Waals surface area contributed by atoms with Gasteiger partial charge in [0.15, 0.2) is 11.5 Å². The Kier molecular flexibility index (Phi) is 5.58. The maximum atomic E-state index is 13.1. The first-order valence-electron chi connectivity index (χ1n) is 8.33. The van der Waals surface area contributed by atoms with Crippen LogP contribution in [0.2, 0.25) is 0 Å². The predicted octanol–water partition coefficient (Wildman–Crippen LogP) is 4.42. The van der Waals surface area contributed by atoms with Crippen LogP contribution in [0.3, 0.4) is 0 Å². The van der Waals surface area contributed by atoms with Gasteiger partial charge in [0.1, 0.15) is 17.9 Å². The van der Waals surface area contributed by atoms with Crippen LogP contribution in [-0.2, 0) is 12.8 Å². The van der Waals surface area contributed by atoms with Gasteiger partial charge < -0.3 is 23.4 Å². The van der Waals surface area contributed by atoms with Crippen molar-refractivity contribution >= 4 is 11.0 Å². The van der Waals surface area contributed by atoms with Crippen molar-refractivity contribution in [3.63, 3.8) is 0 Å². The average molecular weight is 410 g/mol. The molecule has 0 saturated carbocycles. The lowest BCUT2D eigenvalue weighted by Crippen LogP contribution is -2.11. The summed E-state index contributed by atoms with van der Waals surface area (Å²) in [5.74, 6) is 1.52. The molecule has 6 nitrogen and oxygen atoms in total. The van der Waals surface area contributed by atoms with Crippen molar-refractivity contribution < 1.29 is 36.5 Å². The van der Waals surface area contributed by atoms with Gasteiger partial charge in [0.25, 0.3) is 0 Å². The van der Waals surface area contributed by atoms with E-state index in [-0.39, 0.29) is 23.3 Å². The summed E-state index contributed by atoms with van der Waals surface area (Å²) in [6.45, 7) is 0.0609. The zero-order chi connectivity index (χ0) is 21.2. The third-order valence-electron chi connectivity index (χ3n) is 4.15. The maximum absolute atomic E-state index is 13.1. The lowest BCUT2D eigenvalue weighted by Gasteiger charge is -2.15. The number of alkyl halides is 3. The summed E-state index contributed by atoms with van der Waals surface area (Å²) in [4.78, 5) is 11.5. The number of rotatable bonds is 6. The standard InChI is InChI=1S/C20H17F3O6/c1-25-16-6-11(7-17(26-2)19(16)27-3)10-28-12-4-5-13-14(20(21,22)23)9-18(24)29-15(13)8-12/h4-9H,10H2,1-3H3. The maximum Gasteiger partial charge on any atom is 0.417 e. The minimum Gasteiger partial charge on any atom is -0.493 e. The minimum atomic E-state index is -4.67. The third kappa shape index (κ3) is 4.23. The van der Waals surface area contributed by atoms with Gasteiger partial charge in [-0.2, -0.15) is 13.2 Å². The molecule has 29 heavy (non-hydrogen) atoms. The molecule has 0 saturated heterocycles. The lowest BCUT2D eigenvalue weighted by atomic mass is 10.1. The second-order valence-electron chi connectivity index (χ2n) is 5.96. The first-order valence-corrected chi connectivity index (χ1v) is 8.33. The Morgan fingerprint density at radius 3 is 2.14 bits per heavy atom. The summed E-state index contributed by atoms with van der Waals surface area (Å²) in [6.07, 6.45) is -4.67. The van der Waals surface area contributed by atoms with Crippen LogP contribution in [0.4, 0.5) is 13.2 Å². The van der Waals surface area contributed by atoms with E-state index >= 15 is 0 Å². The van der Waals surface area contributed by atoms with Gasteiger partial charge in [-0.05, 0) is 29.8 Å². The van der Waals surface area contributed by atoms with Gasteiger partial charge in [0.05, 0.1) is 26.9 Å². The van der Waals surface area contributed by atoms with Crippen LogP contribution in [-0.4, -0.2) is 21.3 Å². The molecule has 1 heterocycles. The molecule has 154 valence electrons. The topological polar surface area (TPSA) is 67.1 Å². The van der Waals surface area contributed by atoms with Crippen molar-refractivity contribution in [3.05, 3.63) is 57.9 Å². The Balaban J connectivity index is 1.91. The molecule has 0 radical (unpaired) electrons. The highest BCUT2D eigenvalue weighted by atomic mass is 19.4. The quantitative estimate of drug-likeness (QED) is 0.561. The van der Waals surface area contributed by atoms with Crippen LogP contribution in [0.5, 0.6) is 23.0 Å². The van der Waals surface area contributed by atoms with Crippen molar-refractivity contribution in [3.8, 4) is 23.0 Å². The summed E-state index contributed by atoms with van der Waals surface area (Å²) >= 11 is 0. The van der Waals surface area contributed by atoms with E-state index in [1.54, 1.807) is 12.1 Å². The van der Waals surface area contributed by atoms with E-state index < -0.39 is 17.4 Å². The first kappa shape index (κ1) is 20.4. The normalized spacial score (nSPS) is 11.4. The molecule has 1 aromatic heterocycles. The Bertz CT molecular complexity index is 1060. The molecule has 0 aliphatic rings. The average Bonchev–Trinajstić information content (AvgIpc) is 2.69. The number of halogens is 3. The lowest BCUT2D eigenvalue weighted by molar-refractivity contribution is -0.136. The summed E-state index contributed by atoms with van der Waals surface area (Å²) in [5.41, 5.74) is -1.69. The van der Waals surface area contributed by atoms with Crippen LogP contribution in [0.15, 0.2) is 45.6 Å². The van der Waals surface area contributed by atoms with Gasteiger partial charge in [-0.25, -0.2) is 4.79 Å². The third-order valence-corrected chi connectivity index (χ3v) is 4.15. The highest BCUT2D eigenvalue weighted by Crippen LogP contribution is 2.39. The van der Waals surface area contributed by atoms with Crippen LogP contribution >= 0.6 is 0 Å². The highest BCUT2D eigenvalue weighted by Gasteiger charge is 2.33. The largest absolute Gasteiger partial charge is 0.493 e. The Morgan fingerprint density at radius 2 is 1.59 bits per heavy atom. The zero-order valence-electron chi connectivity index (χ0n) is 15.8. The second-order valence-corrected chi connectivity index (χ2v) is 5.96. The molecule has 3 aromatic rings. The summed E-state index contributed by atoms with van der Waals surface area (Å²) in [7, 11) is 4.44. The molecule has 0 aliphatic heterocycles. The Labute approximate surface area is 163 Å². The van der Waals surface area contributed by atoms with Crippen molar-refractivity contribution in [1.29, 1.82) is 0 Å². The fourth-order valence-corrected chi connectivity index (χ4v) is 2.85. The highest BCUT2D eigenvalue weighted by molar-refractivity contribution is 5.82. The second kappa shape index (κ2) is 7.94. The molecule has 0 bridgehead atoms. The van der Waals surface area contributed by atoms with Crippen LogP contribution in [0.25, 0.3) is 11.0 Å². The molecular formula is C20H17F3O6. The number of ether oxygens (including phenoxy) is 4. The zero-order valence-corrected chi connectivity index (χ0v) is 15.8. The Hall–Kier alpha value is -3.36. The van der Waals surface area contributed by atoms with E-state index in [0.717, 1.165) is 0 Å². The molecule has 0 amide bonds. The van der Waals surface area contributed by atoms with Crippen molar-refractivity contribution in [1.82, 2.24) is 0 Å². The van der Waals surface area contributed by atoms with Crippen molar-refractivity contribution in [2.75, 3.05) is 21.3 Å². The molecule has 0 atom stereocenters. The molecule has 9 heteroatoms. The number of methoxy groups -OCH3 is 3. The van der Waals surface area contributed by atoms with Gasteiger partial charge in [-0.3, -0.25) is 0 Å². The molecule has 2 aromatic carbocycles. The van der Waals surface area contributed by atoms with Gasteiger partial charge in [-0.15, -0.1) is 0 Å². The van der Waals surface area contributed by atoms with E-state index in [1.807, 2.05) is 0 Å². The van der Waals surface area contributed by atoms with Crippen LogP contribution in [0.1, 0.15) is 11.1 Å². The predicted molar refractivity (Wildman–Crippen MR) is 97.9 cm³/mol. The van der Waals surface area contributed by atoms with Crippen molar-refractivity contribution in [2.24, 2.45) is 0 Å². The molecule has 0 spiro atoms. The Morgan fingerprint density at radius 1 is 0.931 bits per heavy atom. The molecule has 3 rings (SSSR count). The van der Waals surface area contributed by atoms with Crippen LogP contribution in [0, 0.1) is 0 Å². The van der Waals surface area contributed by atoms with Crippen LogP contribution < -0.4 is 24.6 Å². The fourth-order valence-electron chi connectivity index (χ4n) is 2.85. The SMILES string of the molecule is COc1cc(COc2ccc3c(C(F)(F)F)cc(=O)oc3c2)cc(OC)c1OC. The van der Waals surface area contributed by atoms with Crippen molar-refractivity contribution in [2.45, 2.75) is 12.8 Å². The number of hydrogen-bond acceptors (Lipinski definition) is 6. The first-order chi connectivity index (χ1) is 13.8. The molecule has 0 unspecified atom stereocenters. The summed E-state index contributed by atoms with van der Waals surface area (Å²) < 4.78 is 65.7. The fraction of sp³-hybridized carbons (Fsp3) is 0.250. The van der Waals surface area contributed by atoms with Gasteiger partial charge in [-0.1, -0.05) is 0 Å². The van der Waals surface area contributed by atoms with Gasteiger partial charge in [0, 0.05) is 17.5 Å². The van der Waals surface area contributed by atoms with E-state index in [0.29, 0.717) is 28.9 Å². The molecular weight excluding hydrogens is 393 g/mol. The molecule has 0 aliphatic carbocycles. The smallest absolute Gasteiger partial charge is 0.417 e. The minimum absolute atomic E-state index is 0.0609. The number of benzene rings is 2. The number of hydrogen-bond donors (Lipinski definition) is 0. The summed E-state index contributed by atoms with van der Waals surface area (Å²) in [5, 5.41) is -0.225. The van der Waals surface area contributed by atoms with Gasteiger partial charge >= 0.3 is 11.8 Å².